The van der Waals surface area contributed by atoms with Crippen LogP contribution in [-0.4, -0.2) is 6.61 Å². The van der Waals surface area contributed by atoms with Gasteiger partial charge in [-0.25, -0.2) is 0 Å². The van der Waals surface area contributed by atoms with Crippen LogP contribution in [0.25, 0.3) is 0 Å². The lowest BCUT2D eigenvalue weighted by Crippen LogP contribution is -2.12. The summed E-state index contributed by atoms with van der Waals surface area (Å²) in [6, 6.07) is 16.6. The fourth-order valence-corrected chi connectivity index (χ4v) is 3.93. The van der Waals surface area contributed by atoms with Gasteiger partial charge in [0.15, 0.2) is 11.5 Å². The number of benzene rings is 2. The molecule has 0 amide bonds. The summed E-state index contributed by atoms with van der Waals surface area (Å²) in [5, 5.41) is 5.58. The van der Waals surface area contributed by atoms with E-state index in [0.29, 0.717) is 13.2 Å². The van der Waals surface area contributed by atoms with E-state index in [2.05, 4.69) is 76.0 Å². The van der Waals surface area contributed by atoms with Crippen LogP contribution in [-0.2, 0) is 19.7 Å². The van der Waals surface area contributed by atoms with Crippen LogP contribution in [0, 0.1) is 6.92 Å². The minimum absolute atomic E-state index is 0.518. The summed E-state index contributed by atoms with van der Waals surface area (Å²) in [6.45, 7) is 6.82. The molecule has 2 aromatic carbocycles. The SMILES string of the molecule is CCOc1cc(CNCc2cccs2)c(Br)cc1OCc1cccc(C)c1. The van der Waals surface area contributed by atoms with Crippen LogP contribution in [0.3, 0.4) is 0 Å². The zero-order valence-corrected chi connectivity index (χ0v) is 18.0. The van der Waals surface area contributed by atoms with Gasteiger partial charge in [-0.1, -0.05) is 51.8 Å². The van der Waals surface area contributed by atoms with Crippen molar-refractivity contribution in [1.29, 1.82) is 0 Å². The quantitative estimate of drug-likeness (QED) is 0.432. The van der Waals surface area contributed by atoms with Crippen molar-refractivity contribution in [2.45, 2.75) is 33.5 Å². The predicted molar refractivity (Wildman–Crippen MR) is 116 cm³/mol. The monoisotopic (exact) mass is 445 g/mol. The second kappa shape index (κ2) is 9.93. The van der Waals surface area contributed by atoms with Gasteiger partial charge in [-0.15, -0.1) is 11.3 Å². The van der Waals surface area contributed by atoms with Crippen LogP contribution >= 0.6 is 27.3 Å². The fraction of sp³-hybridized carbons (Fsp3) is 0.273. The summed E-state index contributed by atoms with van der Waals surface area (Å²) in [4.78, 5) is 1.33. The van der Waals surface area contributed by atoms with Crippen molar-refractivity contribution in [3.05, 3.63) is 80.0 Å². The Balaban J connectivity index is 1.68. The lowest BCUT2D eigenvalue weighted by Gasteiger charge is -2.15. The topological polar surface area (TPSA) is 30.5 Å². The Morgan fingerprint density at radius 2 is 1.85 bits per heavy atom. The van der Waals surface area contributed by atoms with Crippen molar-refractivity contribution in [2.24, 2.45) is 0 Å². The van der Waals surface area contributed by atoms with Crippen molar-refractivity contribution in [3.63, 3.8) is 0 Å². The number of ether oxygens (including phenoxy) is 2. The first kappa shape index (κ1) is 19.9. The van der Waals surface area contributed by atoms with Gasteiger partial charge in [0.05, 0.1) is 6.61 Å². The molecule has 0 aliphatic rings. The van der Waals surface area contributed by atoms with E-state index in [0.717, 1.165) is 40.2 Å². The van der Waals surface area contributed by atoms with E-state index >= 15 is 0 Å². The van der Waals surface area contributed by atoms with Gasteiger partial charge >= 0.3 is 0 Å². The van der Waals surface area contributed by atoms with Crippen LogP contribution in [0.2, 0.25) is 0 Å². The van der Waals surface area contributed by atoms with Crippen molar-refractivity contribution < 1.29 is 9.47 Å². The van der Waals surface area contributed by atoms with Crippen molar-refractivity contribution in [1.82, 2.24) is 5.32 Å². The van der Waals surface area contributed by atoms with Crippen LogP contribution in [0.1, 0.15) is 28.5 Å². The summed E-state index contributed by atoms with van der Waals surface area (Å²) < 4.78 is 12.9. The molecule has 142 valence electrons. The molecule has 0 aliphatic heterocycles. The van der Waals surface area contributed by atoms with E-state index in [-0.39, 0.29) is 0 Å². The van der Waals surface area contributed by atoms with E-state index in [4.69, 9.17) is 9.47 Å². The molecule has 0 saturated carbocycles. The number of rotatable bonds is 9. The highest BCUT2D eigenvalue weighted by Gasteiger charge is 2.11. The van der Waals surface area contributed by atoms with Crippen LogP contribution < -0.4 is 14.8 Å². The third-order valence-electron chi connectivity index (χ3n) is 4.08. The van der Waals surface area contributed by atoms with Crippen LogP contribution in [0.4, 0.5) is 0 Å². The van der Waals surface area contributed by atoms with Gasteiger partial charge in [-0.05, 0) is 48.6 Å². The molecule has 1 aromatic heterocycles. The Morgan fingerprint density at radius 3 is 2.59 bits per heavy atom. The molecule has 3 aromatic rings. The number of aryl methyl sites for hydroxylation is 1. The maximum Gasteiger partial charge on any atom is 0.162 e. The molecule has 3 nitrogen and oxygen atoms in total. The summed E-state index contributed by atoms with van der Waals surface area (Å²) in [5.41, 5.74) is 3.53. The minimum atomic E-state index is 0.518. The molecule has 0 unspecified atom stereocenters. The molecule has 0 radical (unpaired) electrons. The molecule has 1 N–H and O–H groups in total. The number of thiophene rings is 1. The molecule has 27 heavy (non-hydrogen) atoms. The normalized spacial score (nSPS) is 10.8. The van der Waals surface area contributed by atoms with Gasteiger partial charge < -0.3 is 14.8 Å². The molecule has 1 heterocycles. The number of nitrogens with one attached hydrogen (secondary N) is 1. The van der Waals surface area contributed by atoms with Crippen molar-refractivity contribution in [3.8, 4) is 11.5 Å². The first-order valence-electron chi connectivity index (χ1n) is 9.02. The van der Waals surface area contributed by atoms with E-state index < -0.39 is 0 Å². The van der Waals surface area contributed by atoms with E-state index in [1.807, 2.05) is 13.0 Å². The zero-order valence-electron chi connectivity index (χ0n) is 15.6. The lowest BCUT2D eigenvalue weighted by atomic mass is 10.1. The molecule has 0 bridgehead atoms. The number of hydrogen-bond donors (Lipinski definition) is 1. The zero-order chi connectivity index (χ0) is 19.1. The Hall–Kier alpha value is -1.82. The summed E-state index contributed by atoms with van der Waals surface area (Å²) in [5.74, 6) is 1.54. The summed E-state index contributed by atoms with van der Waals surface area (Å²) in [7, 11) is 0. The van der Waals surface area contributed by atoms with Crippen molar-refractivity contribution in [2.75, 3.05) is 6.61 Å². The van der Waals surface area contributed by atoms with Gasteiger partial charge in [0.25, 0.3) is 0 Å². The average molecular weight is 446 g/mol. The average Bonchev–Trinajstić information content (AvgIpc) is 3.16. The summed E-state index contributed by atoms with van der Waals surface area (Å²) in [6.07, 6.45) is 0. The Morgan fingerprint density at radius 1 is 1.00 bits per heavy atom. The molecule has 5 heteroatoms. The molecule has 0 aliphatic carbocycles. The van der Waals surface area contributed by atoms with Gasteiger partial charge in [0, 0.05) is 22.4 Å². The first-order chi connectivity index (χ1) is 13.2. The maximum atomic E-state index is 6.06. The third-order valence-corrected chi connectivity index (χ3v) is 5.70. The second-order valence-corrected chi connectivity index (χ2v) is 8.17. The highest BCUT2D eigenvalue weighted by atomic mass is 79.9. The van der Waals surface area contributed by atoms with Gasteiger partial charge in [0.2, 0.25) is 0 Å². The molecule has 0 spiro atoms. The smallest absolute Gasteiger partial charge is 0.162 e. The maximum absolute atomic E-state index is 6.06. The van der Waals surface area contributed by atoms with Crippen molar-refractivity contribution >= 4 is 27.3 Å². The molecule has 0 fully saturated rings. The van der Waals surface area contributed by atoms with Gasteiger partial charge in [0.1, 0.15) is 6.61 Å². The molecular formula is C22H24BrNO2S. The number of hydrogen-bond acceptors (Lipinski definition) is 4. The Bertz CT molecular complexity index is 865. The Kier molecular flexibility index (Phi) is 7.33. The van der Waals surface area contributed by atoms with E-state index in [1.54, 1.807) is 11.3 Å². The predicted octanol–water partition coefficient (Wildman–Crippen LogP) is 6.09. The second-order valence-electron chi connectivity index (χ2n) is 6.28. The van der Waals surface area contributed by atoms with Crippen LogP contribution in [0.15, 0.2) is 58.4 Å². The molecular weight excluding hydrogens is 422 g/mol. The minimum Gasteiger partial charge on any atom is -0.490 e. The van der Waals surface area contributed by atoms with Gasteiger partial charge in [-0.3, -0.25) is 0 Å². The molecule has 3 rings (SSSR count). The fourth-order valence-electron chi connectivity index (χ4n) is 2.79. The number of halogens is 1. The lowest BCUT2D eigenvalue weighted by molar-refractivity contribution is 0.269. The largest absolute Gasteiger partial charge is 0.490 e. The third kappa shape index (κ3) is 5.83. The van der Waals surface area contributed by atoms with Gasteiger partial charge in [-0.2, -0.15) is 0 Å². The first-order valence-corrected chi connectivity index (χ1v) is 10.7. The molecule has 0 atom stereocenters. The highest BCUT2D eigenvalue weighted by molar-refractivity contribution is 9.10. The van der Waals surface area contributed by atoms with E-state index in [1.165, 1.54) is 10.4 Å². The molecule has 0 saturated heterocycles. The van der Waals surface area contributed by atoms with Crippen LogP contribution in [0.5, 0.6) is 11.5 Å². The van der Waals surface area contributed by atoms with E-state index in [9.17, 15) is 0 Å². The standard InChI is InChI=1S/C22H24BrNO2S/c1-3-25-21-11-18(13-24-14-19-8-5-9-27-19)20(23)12-22(21)26-15-17-7-4-6-16(2)10-17/h4-12,24H,3,13-15H2,1-2H3. The highest BCUT2D eigenvalue weighted by Crippen LogP contribution is 2.34. The summed E-state index contributed by atoms with van der Waals surface area (Å²) >= 11 is 5.44. The Labute approximate surface area is 173 Å².